The first-order valence-electron chi connectivity index (χ1n) is 11.4. The average molecular weight is 445 g/mol. The molecule has 1 fully saturated rings. The lowest BCUT2D eigenvalue weighted by Gasteiger charge is -2.30. The molecule has 170 valence electrons. The predicted octanol–water partition coefficient (Wildman–Crippen LogP) is 4.58. The molecule has 2 N–H and O–H groups in total. The van der Waals surface area contributed by atoms with Crippen LogP contribution in [0.4, 0.5) is 0 Å². The van der Waals surface area contributed by atoms with Crippen molar-refractivity contribution < 1.29 is 9.47 Å². The van der Waals surface area contributed by atoms with E-state index in [0.29, 0.717) is 35.4 Å². The van der Waals surface area contributed by atoms with Gasteiger partial charge in [0, 0.05) is 17.8 Å². The molecule has 0 unspecified atom stereocenters. The minimum absolute atomic E-state index is 0.444. The molecule has 0 aliphatic carbocycles. The monoisotopic (exact) mass is 444 g/mol. The summed E-state index contributed by atoms with van der Waals surface area (Å²) in [6.07, 6.45) is 6.49. The van der Waals surface area contributed by atoms with E-state index in [2.05, 4.69) is 52.0 Å². The Kier molecular flexibility index (Phi) is 5.65. The van der Waals surface area contributed by atoms with Crippen LogP contribution >= 0.6 is 0 Å². The van der Waals surface area contributed by atoms with E-state index in [-0.39, 0.29) is 0 Å². The molecular weight excluding hydrogens is 416 g/mol. The van der Waals surface area contributed by atoms with Crippen LogP contribution in [0, 0.1) is 11.3 Å². The molecule has 1 saturated heterocycles. The highest BCUT2D eigenvalue weighted by Gasteiger charge is 2.25. The molecule has 0 spiro atoms. The molecule has 0 saturated carbocycles. The van der Waals surface area contributed by atoms with Gasteiger partial charge < -0.3 is 24.3 Å². The Bertz CT molecular complexity index is 1340. The number of nitrogens with zero attached hydrogens (tertiary/aromatic N) is 4. The molecule has 0 atom stereocenters. The first-order chi connectivity index (χ1) is 16.1. The number of aromatic nitrogens is 4. The zero-order chi connectivity index (χ0) is 22.9. The van der Waals surface area contributed by atoms with E-state index in [1.165, 1.54) is 5.56 Å². The lowest BCUT2D eigenvalue weighted by Crippen LogP contribution is -2.29. The molecule has 1 aromatic carbocycles. The first kappa shape index (κ1) is 21.3. The van der Waals surface area contributed by atoms with Crippen LogP contribution in [-0.4, -0.2) is 58.7 Å². The third-order valence-corrected chi connectivity index (χ3v) is 6.49. The summed E-state index contributed by atoms with van der Waals surface area (Å²) in [6, 6.07) is 6.48. The van der Waals surface area contributed by atoms with Crippen molar-refractivity contribution in [3.05, 3.63) is 35.7 Å². The van der Waals surface area contributed by atoms with E-state index in [4.69, 9.17) is 14.5 Å². The molecule has 3 aromatic heterocycles. The summed E-state index contributed by atoms with van der Waals surface area (Å²) in [6.45, 7) is 4.92. The van der Waals surface area contributed by atoms with Crippen LogP contribution in [0.5, 0.6) is 11.6 Å². The zero-order valence-electron chi connectivity index (χ0n) is 19.2. The SMILES string of the molecule is CCCOc1c(C2CCN(C)CC2)ccc2[nH]c(-c3c(OC)ncc4c(C#N)c[nH]c34)nc12. The van der Waals surface area contributed by atoms with Crippen LogP contribution < -0.4 is 9.47 Å². The van der Waals surface area contributed by atoms with E-state index < -0.39 is 0 Å². The number of nitrogens with one attached hydrogen (secondary N) is 2. The maximum absolute atomic E-state index is 9.44. The van der Waals surface area contributed by atoms with Gasteiger partial charge in [-0.15, -0.1) is 0 Å². The highest BCUT2D eigenvalue weighted by molar-refractivity contribution is 5.99. The van der Waals surface area contributed by atoms with Crippen molar-refractivity contribution in [1.82, 2.24) is 24.8 Å². The largest absolute Gasteiger partial charge is 0.491 e. The Balaban J connectivity index is 1.67. The van der Waals surface area contributed by atoms with E-state index in [1.54, 1.807) is 19.5 Å². The summed E-state index contributed by atoms with van der Waals surface area (Å²) in [7, 11) is 3.76. The van der Waals surface area contributed by atoms with Gasteiger partial charge in [-0.25, -0.2) is 9.97 Å². The zero-order valence-corrected chi connectivity index (χ0v) is 19.2. The van der Waals surface area contributed by atoms with Crippen molar-refractivity contribution in [3.63, 3.8) is 0 Å². The molecule has 0 bridgehead atoms. The molecule has 0 amide bonds. The smallest absolute Gasteiger partial charge is 0.226 e. The van der Waals surface area contributed by atoms with Gasteiger partial charge in [-0.2, -0.15) is 5.26 Å². The number of ether oxygens (including phenoxy) is 2. The molecule has 8 nitrogen and oxygen atoms in total. The van der Waals surface area contributed by atoms with Crippen LogP contribution in [0.25, 0.3) is 33.3 Å². The highest BCUT2D eigenvalue weighted by Crippen LogP contribution is 2.41. The van der Waals surface area contributed by atoms with Gasteiger partial charge in [-0.1, -0.05) is 13.0 Å². The number of pyridine rings is 1. The number of H-pyrrole nitrogens is 2. The number of benzene rings is 1. The van der Waals surface area contributed by atoms with Gasteiger partial charge in [-0.3, -0.25) is 0 Å². The molecule has 4 heterocycles. The number of hydrogen-bond donors (Lipinski definition) is 2. The molecule has 4 aromatic rings. The summed E-state index contributed by atoms with van der Waals surface area (Å²) in [5, 5.41) is 10.2. The van der Waals surface area contributed by atoms with E-state index in [1.807, 2.05) is 0 Å². The normalized spacial score (nSPS) is 15.2. The highest BCUT2D eigenvalue weighted by atomic mass is 16.5. The number of imidazole rings is 1. The predicted molar refractivity (Wildman–Crippen MR) is 128 cm³/mol. The Morgan fingerprint density at radius 3 is 2.82 bits per heavy atom. The maximum Gasteiger partial charge on any atom is 0.226 e. The number of hydrogen-bond acceptors (Lipinski definition) is 6. The fourth-order valence-corrected chi connectivity index (χ4v) is 4.72. The molecule has 1 aliphatic heterocycles. The minimum Gasteiger partial charge on any atom is -0.491 e. The third-order valence-electron chi connectivity index (χ3n) is 6.49. The van der Waals surface area contributed by atoms with Crippen LogP contribution in [0.2, 0.25) is 0 Å². The Morgan fingerprint density at radius 2 is 2.09 bits per heavy atom. The second-order valence-electron chi connectivity index (χ2n) is 8.64. The van der Waals surface area contributed by atoms with Crippen molar-refractivity contribution in [2.75, 3.05) is 33.9 Å². The van der Waals surface area contributed by atoms with Gasteiger partial charge in [0.25, 0.3) is 0 Å². The maximum atomic E-state index is 9.44. The standard InChI is InChI=1S/C25H28N6O2/c1-4-11-33-23-17(15-7-9-31(2)10-8-15)5-6-19-22(23)30-24(29-19)20-21-18(14-28-25(20)32-3)16(12-26)13-27-21/h5-6,13-15,27H,4,7-11H2,1-3H3,(H,29,30). The number of nitriles is 1. The molecular formula is C25H28N6O2. The minimum atomic E-state index is 0.444. The summed E-state index contributed by atoms with van der Waals surface area (Å²) in [5.41, 5.74) is 4.96. The Hall–Kier alpha value is -3.57. The second-order valence-corrected chi connectivity index (χ2v) is 8.64. The van der Waals surface area contributed by atoms with Crippen LogP contribution in [0.15, 0.2) is 24.5 Å². The number of methoxy groups -OCH3 is 1. The fourth-order valence-electron chi connectivity index (χ4n) is 4.72. The fraction of sp³-hybridized carbons (Fsp3) is 0.400. The molecule has 33 heavy (non-hydrogen) atoms. The van der Waals surface area contributed by atoms with Crippen LogP contribution in [0.3, 0.4) is 0 Å². The van der Waals surface area contributed by atoms with E-state index in [9.17, 15) is 5.26 Å². The quantitative estimate of drug-likeness (QED) is 0.451. The van der Waals surface area contributed by atoms with Crippen molar-refractivity contribution in [2.24, 2.45) is 0 Å². The summed E-state index contributed by atoms with van der Waals surface area (Å²) in [4.78, 5) is 18.4. The number of rotatable bonds is 6. The summed E-state index contributed by atoms with van der Waals surface area (Å²) < 4.78 is 11.9. The van der Waals surface area contributed by atoms with Crippen molar-refractivity contribution in [2.45, 2.75) is 32.1 Å². The lowest BCUT2D eigenvalue weighted by molar-refractivity contribution is 0.249. The van der Waals surface area contributed by atoms with E-state index in [0.717, 1.165) is 60.0 Å². The molecule has 1 aliphatic rings. The molecule has 8 heteroatoms. The second kappa shape index (κ2) is 8.75. The average Bonchev–Trinajstić information content (AvgIpc) is 3.46. The summed E-state index contributed by atoms with van der Waals surface area (Å²) >= 11 is 0. The van der Waals surface area contributed by atoms with Gasteiger partial charge in [0.15, 0.2) is 5.75 Å². The number of piperidine rings is 1. The van der Waals surface area contributed by atoms with E-state index >= 15 is 0 Å². The van der Waals surface area contributed by atoms with Crippen molar-refractivity contribution >= 4 is 21.9 Å². The first-order valence-corrected chi connectivity index (χ1v) is 11.4. The topological polar surface area (TPSA) is 103 Å². The molecule has 0 radical (unpaired) electrons. The lowest BCUT2D eigenvalue weighted by atomic mass is 9.88. The van der Waals surface area contributed by atoms with Gasteiger partial charge >= 0.3 is 0 Å². The van der Waals surface area contributed by atoms with Crippen LogP contribution in [0.1, 0.15) is 43.2 Å². The molecule has 5 rings (SSSR count). The van der Waals surface area contributed by atoms with Crippen molar-refractivity contribution in [1.29, 1.82) is 5.26 Å². The number of likely N-dealkylation sites (tertiary alicyclic amines) is 1. The van der Waals surface area contributed by atoms with Crippen LogP contribution in [-0.2, 0) is 0 Å². The van der Waals surface area contributed by atoms with Crippen molar-refractivity contribution in [3.8, 4) is 29.1 Å². The van der Waals surface area contributed by atoms with Gasteiger partial charge in [0.1, 0.15) is 23.0 Å². The number of aromatic amines is 2. The third kappa shape index (κ3) is 3.68. The van der Waals surface area contributed by atoms with Gasteiger partial charge in [0.2, 0.25) is 5.88 Å². The Morgan fingerprint density at radius 1 is 1.27 bits per heavy atom. The van der Waals surface area contributed by atoms with Gasteiger partial charge in [0.05, 0.1) is 30.3 Å². The van der Waals surface area contributed by atoms with Gasteiger partial charge in [-0.05, 0) is 56.9 Å². The number of fused-ring (bicyclic) bond motifs is 2. The Labute approximate surface area is 192 Å². The summed E-state index contributed by atoms with van der Waals surface area (Å²) in [5.74, 6) is 2.40.